The minimum atomic E-state index is -0.0377. The van der Waals surface area contributed by atoms with Crippen molar-refractivity contribution < 1.29 is 5.11 Å². The Kier molecular flexibility index (Phi) is 3.68. The van der Waals surface area contributed by atoms with Gasteiger partial charge in [0.2, 0.25) is 0 Å². The van der Waals surface area contributed by atoms with Gasteiger partial charge in [0, 0.05) is 12.1 Å². The highest BCUT2D eigenvalue weighted by atomic mass is 16.3. The zero-order valence-electron chi connectivity index (χ0n) is 10.2. The molecule has 2 fully saturated rings. The van der Waals surface area contributed by atoms with Crippen molar-refractivity contribution in [3.8, 4) is 0 Å². The molecular formula is C13H25NO. The first-order valence-electron chi connectivity index (χ1n) is 6.66. The summed E-state index contributed by atoms with van der Waals surface area (Å²) in [7, 11) is 0. The van der Waals surface area contributed by atoms with Gasteiger partial charge >= 0.3 is 0 Å². The van der Waals surface area contributed by atoms with Crippen LogP contribution in [0.5, 0.6) is 0 Å². The van der Waals surface area contributed by atoms with Crippen LogP contribution in [0.25, 0.3) is 0 Å². The van der Waals surface area contributed by atoms with Gasteiger partial charge in [-0.3, -0.25) is 4.90 Å². The van der Waals surface area contributed by atoms with Crippen LogP contribution < -0.4 is 0 Å². The molecule has 0 radical (unpaired) electrons. The number of hydrogen-bond acceptors (Lipinski definition) is 2. The first kappa shape index (κ1) is 11.4. The van der Waals surface area contributed by atoms with Crippen LogP contribution in [0.4, 0.5) is 0 Å². The van der Waals surface area contributed by atoms with Gasteiger partial charge in [-0.2, -0.15) is 0 Å². The van der Waals surface area contributed by atoms with Crippen LogP contribution in [-0.4, -0.2) is 34.7 Å². The van der Waals surface area contributed by atoms with E-state index in [1.165, 1.54) is 32.2 Å². The number of rotatable bonds is 4. The lowest BCUT2D eigenvalue weighted by Crippen LogP contribution is -2.46. The predicted molar refractivity (Wildman–Crippen MR) is 62.8 cm³/mol. The molecular weight excluding hydrogens is 186 g/mol. The first-order chi connectivity index (χ1) is 7.22. The van der Waals surface area contributed by atoms with Crippen LogP contribution in [0.15, 0.2) is 0 Å². The highest BCUT2D eigenvalue weighted by Crippen LogP contribution is 2.36. The van der Waals surface area contributed by atoms with Crippen LogP contribution in [0, 0.1) is 5.92 Å². The van der Waals surface area contributed by atoms with E-state index in [1.54, 1.807) is 0 Å². The van der Waals surface area contributed by atoms with E-state index in [0.717, 1.165) is 24.8 Å². The Morgan fingerprint density at radius 1 is 1.20 bits per heavy atom. The zero-order chi connectivity index (χ0) is 10.8. The number of aliphatic hydroxyl groups excluding tert-OH is 1. The molecule has 0 aromatic rings. The quantitative estimate of drug-likeness (QED) is 0.772. The molecule has 0 aliphatic heterocycles. The first-order valence-corrected chi connectivity index (χ1v) is 6.66. The second-order valence-corrected chi connectivity index (χ2v) is 5.48. The summed E-state index contributed by atoms with van der Waals surface area (Å²) in [5.74, 6) is 0.778. The average Bonchev–Trinajstić information content (AvgIpc) is 3.02. The molecule has 0 bridgehead atoms. The number of hydrogen-bond donors (Lipinski definition) is 1. The fourth-order valence-electron chi connectivity index (χ4n) is 3.02. The largest absolute Gasteiger partial charge is 0.393 e. The Morgan fingerprint density at radius 2 is 1.93 bits per heavy atom. The predicted octanol–water partition coefficient (Wildman–Crippen LogP) is 2.41. The lowest BCUT2D eigenvalue weighted by molar-refractivity contribution is 0.0282. The van der Waals surface area contributed by atoms with E-state index < -0.39 is 0 Å². The third-order valence-corrected chi connectivity index (χ3v) is 4.05. The molecule has 3 atom stereocenters. The van der Waals surface area contributed by atoms with Crippen molar-refractivity contribution in [1.29, 1.82) is 0 Å². The van der Waals surface area contributed by atoms with Gasteiger partial charge in [-0.15, -0.1) is 0 Å². The average molecular weight is 211 g/mol. The third kappa shape index (κ3) is 2.73. The molecule has 88 valence electrons. The van der Waals surface area contributed by atoms with E-state index in [4.69, 9.17) is 0 Å². The van der Waals surface area contributed by atoms with Crippen LogP contribution >= 0.6 is 0 Å². The second kappa shape index (κ2) is 4.84. The zero-order valence-corrected chi connectivity index (χ0v) is 10.2. The van der Waals surface area contributed by atoms with Crippen LogP contribution in [-0.2, 0) is 0 Å². The summed E-state index contributed by atoms with van der Waals surface area (Å²) < 4.78 is 0. The maximum Gasteiger partial charge on any atom is 0.0555 e. The second-order valence-electron chi connectivity index (χ2n) is 5.48. The minimum absolute atomic E-state index is 0.0377. The van der Waals surface area contributed by atoms with E-state index in [0.29, 0.717) is 6.04 Å². The molecule has 1 N–H and O–H groups in total. The van der Waals surface area contributed by atoms with Gasteiger partial charge in [-0.1, -0.05) is 13.8 Å². The maximum absolute atomic E-state index is 9.79. The van der Waals surface area contributed by atoms with Crippen LogP contribution in [0.2, 0.25) is 0 Å². The monoisotopic (exact) mass is 211 g/mol. The van der Waals surface area contributed by atoms with Crippen molar-refractivity contribution in [2.45, 2.75) is 70.6 Å². The summed E-state index contributed by atoms with van der Waals surface area (Å²) in [4.78, 5) is 2.69. The van der Waals surface area contributed by atoms with Crippen LogP contribution in [0.1, 0.15) is 52.4 Å². The fraction of sp³-hybridized carbons (Fsp3) is 1.00. The molecule has 0 spiro atoms. The topological polar surface area (TPSA) is 23.5 Å². The van der Waals surface area contributed by atoms with E-state index in [-0.39, 0.29) is 6.10 Å². The SMILES string of the molecule is CCCN(C1CC1)C1CC(O)CCC1C. The lowest BCUT2D eigenvalue weighted by atomic mass is 9.83. The Labute approximate surface area is 93.7 Å². The van der Waals surface area contributed by atoms with Gasteiger partial charge in [-0.05, 0) is 51.0 Å². The van der Waals surface area contributed by atoms with Gasteiger partial charge in [-0.25, -0.2) is 0 Å². The highest BCUT2D eigenvalue weighted by molar-refractivity contribution is 4.93. The molecule has 15 heavy (non-hydrogen) atoms. The van der Waals surface area contributed by atoms with Crippen molar-refractivity contribution in [2.24, 2.45) is 5.92 Å². The molecule has 2 saturated carbocycles. The summed E-state index contributed by atoms with van der Waals surface area (Å²) in [6, 6.07) is 1.50. The van der Waals surface area contributed by atoms with Gasteiger partial charge in [0.1, 0.15) is 0 Å². The summed E-state index contributed by atoms with van der Waals surface area (Å²) in [5, 5.41) is 9.79. The lowest BCUT2D eigenvalue weighted by Gasteiger charge is -2.40. The maximum atomic E-state index is 9.79. The molecule has 3 unspecified atom stereocenters. The van der Waals surface area contributed by atoms with Gasteiger partial charge < -0.3 is 5.11 Å². The number of aliphatic hydroxyl groups is 1. The molecule has 2 nitrogen and oxygen atoms in total. The van der Waals surface area contributed by atoms with E-state index >= 15 is 0 Å². The third-order valence-electron chi connectivity index (χ3n) is 4.05. The summed E-state index contributed by atoms with van der Waals surface area (Å²) in [6.07, 6.45) is 7.22. The van der Waals surface area contributed by atoms with Crippen molar-refractivity contribution in [1.82, 2.24) is 4.90 Å². The van der Waals surface area contributed by atoms with Gasteiger partial charge in [0.25, 0.3) is 0 Å². The van der Waals surface area contributed by atoms with E-state index in [1.807, 2.05) is 0 Å². The van der Waals surface area contributed by atoms with E-state index in [9.17, 15) is 5.11 Å². The van der Waals surface area contributed by atoms with Gasteiger partial charge in [0.15, 0.2) is 0 Å². The number of nitrogens with zero attached hydrogens (tertiary/aromatic N) is 1. The summed E-state index contributed by atoms with van der Waals surface area (Å²) in [6.45, 7) is 5.85. The summed E-state index contributed by atoms with van der Waals surface area (Å²) >= 11 is 0. The molecule has 2 aliphatic rings. The molecule has 0 amide bonds. The molecule has 0 aromatic carbocycles. The normalized spacial score (nSPS) is 37.2. The van der Waals surface area contributed by atoms with Crippen LogP contribution in [0.3, 0.4) is 0 Å². The molecule has 0 heterocycles. The van der Waals surface area contributed by atoms with Gasteiger partial charge in [0.05, 0.1) is 6.10 Å². The Balaban J connectivity index is 1.97. The fourth-order valence-corrected chi connectivity index (χ4v) is 3.02. The van der Waals surface area contributed by atoms with Crippen molar-refractivity contribution in [2.75, 3.05) is 6.54 Å². The van der Waals surface area contributed by atoms with E-state index in [2.05, 4.69) is 18.7 Å². The Bertz CT molecular complexity index is 203. The Morgan fingerprint density at radius 3 is 2.53 bits per heavy atom. The summed E-state index contributed by atoms with van der Waals surface area (Å²) in [5.41, 5.74) is 0. The molecule has 2 aliphatic carbocycles. The smallest absolute Gasteiger partial charge is 0.0555 e. The Hall–Kier alpha value is -0.0800. The standard InChI is InChI=1S/C13H25NO/c1-3-8-14(11-5-6-11)13-9-12(15)7-4-10(13)2/h10-13,15H,3-9H2,1-2H3. The van der Waals surface area contributed by atoms with Crippen molar-refractivity contribution in [3.05, 3.63) is 0 Å². The minimum Gasteiger partial charge on any atom is -0.393 e. The highest BCUT2D eigenvalue weighted by Gasteiger charge is 2.38. The molecule has 0 saturated heterocycles. The van der Waals surface area contributed by atoms with Crippen molar-refractivity contribution >= 4 is 0 Å². The molecule has 2 heteroatoms. The molecule has 0 aromatic heterocycles. The van der Waals surface area contributed by atoms with Crippen molar-refractivity contribution in [3.63, 3.8) is 0 Å². The molecule has 2 rings (SSSR count).